The van der Waals surface area contributed by atoms with Gasteiger partial charge in [0, 0.05) is 55.6 Å². The fourth-order valence-electron chi connectivity index (χ4n) is 3.55. The maximum atomic E-state index is 5.98. The molecule has 8 heteroatoms. The lowest BCUT2D eigenvalue weighted by atomic mass is 10.1. The largest absolute Gasteiger partial charge is 0.493 e. The summed E-state index contributed by atoms with van der Waals surface area (Å²) in [4.78, 5) is 2.40. The summed E-state index contributed by atoms with van der Waals surface area (Å²) < 4.78 is 13.6. The maximum Gasteiger partial charge on any atom is 0.119 e. The Kier molecular flexibility index (Phi) is 6.18. The summed E-state index contributed by atoms with van der Waals surface area (Å²) in [5.41, 5.74) is 4.32. The zero-order valence-corrected chi connectivity index (χ0v) is 17.5. The summed E-state index contributed by atoms with van der Waals surface area (Å²) >= 11 is 5.89. The topological polar surface area (TPSA) is 68.2 Å². The molecular formula is C21H26ClN5O2. The Labute approximate surface area is 175 Å². The van der Waals surface area contributed by atoms with Crippen LogP contribution in [0.4, 0.5) is 0 Å². The van der Waals surface area contributed by atoms with Crippen LogP contribution < -0.4 is 4.74 Å². The van der Waals surface area contributed by atoms with Crippen molar-refractivity contribution in [1.29, 1.82) is 0 Å². The lowest BCUT2D eigenvalue weighted by Gasteiger charge is -2.31. The van der Waals surface area contributed by atoms with Gasteiger partial charge in [0.15, 0.2) is 0 Å². The Morgan fingerprint density at radius 1 is 1.31 bits per heavy atom. The molecule has 0 aliphatic carbocycles. The number of hydrogen-bond acceptors (Lipinski definition) is 5. The van der Waals surface area contributed by atoms with Crippen LogP contribution >= 0.6 is 11.6 Å². The van der Waals surface area contributed by atoms with Gasteiger partial charge < -0.3 is 9.47 Å². The number of aromatic amines is 1. The number of ether oxygens (including phenoxy) is 2. The van der Waals surface area contributed by atoms with Gasteiger partial charge in [0.1, 0.15) is 11.9 Å². The molecule has 0 unspecified atom stereocenters. The van der Waals surface area contributed by atoms with E-state index < -0.39 is 0 Å². The van der Waals surface area contributed by atoms with Gasteiger partial charge in [-0.15, -0.1) is 0 Å². The van der Waals surface area contributed by atoms with Gasteiger partial charge in [-0.1, -0.05) is 11.6 Å². The molecule has 0 bridgehead atoms. The molecule has 0 spiro atoms. The monoisotopic (exact) mass is 415 g/mol. The van der Waals surface area contributed by atoms with E-state index in [4.69, 9.17) is 21.1 Å². The van der Waals surface area contributed by atoms with Crippen LogP contribution in [0.3, 0.4) is 0 Å². The summed E-state index contributed by atoms with van der Waals surface area (Å²) in [6.45, 7) is 5.94. The standard InChI is InChI=1S/C21H26ClN5O2/c1-15-16(12-26(2)25-15)13-27-8-10-29-21(14-27)20-11-18(23-24-20)7-9-28-19-5-3-17(22)4-6-19/h3-6,11-12,21H,7-10,13-14H2,1-2H3,(H,23,24)/t21-/m1/s1. The fraction of sp³-hybridized carbons (Fsp3) is 0.429. The van der Waals surface area contributed by atoms with Gasteiger partial charge in [0.25, 0.3) is 0 Å². The predicted molar refractivity (Wildman–Crippen MR) is 111 cm³/mol. The Hall–Kier alpha value is -2.35. The zero-order chi connectivity index (χ0) is 20.2. The SMILES string of the molecule is Cc1nn(C)cc1CN1CCO[C@@H](c2cc(CCOc3ccc(Cl)cc3)[nH]n2)C1. The van der Waals surface area contributed by atoms with E-state index in [0.29, 0.717) is 18.2 Å². The molecule has 1 aromatic carbocycles. The smallest absolute Gasteiger partial charge is 0.119 e. The molecule has 3 heterocycles. The van der Waals surface area contributed by atoms with Crippen LogP contribution in [0.5, 0.6) is 5.75 Å². The predicted octanol–water partition coefficient (Wildman–Crippen LogP) is 3.30. The van der Waals surface area contributed by atoms with Crippen LogP contribution in [0.25, 0.3) is 0 Å². The summed E-state index contributed by atoms with van der Waals surface area (Å²) in [6.07, 6.45) is 2.82. The molecule has 7 nitrogen and oxygen atoms in total. The van der Waals surface area contributed by atoms with Crippen molar-refractivity contribution in [2.24, 2.45) is 7.05 Å². The molecule has 0 amide bonds. The average molecular weight is 416 g/mol. The molecule has 1 fully saturated rings. The van der Waals surface area contributed by atoms with Crippen LogP contribution in [-0.4, -0.2) is 51.2 Å². The molecule has 2 aromatic heterocycles. The molecule has 29 heavy (non-hydrogen) atoms. The van der Waals surface area contributed by atoms with Gasteiger partial charge in [0.2, 0.25) is 0 Å². The highest BCUT2D eigenvalue weighted by molar-refractivity contribution is 6.30. The Morgan fingerprint density at radius 2 is 2.14 bits per heavy atom. The summed E-state index contributed by atoms with van der Waals surface area (Å²) in [7, 11) is 1.96. The van der Waals surface area contributed by atoms with Crippen LogP contribution in [0.15, 0.2) is 36.5 Å². The second-order valence-electron chi connectivity index (χ2n) is 7.38. The van der Waals surface area contributed by atoms with Gasteiger partial charge in [-0.2, -0.15) is 10.2 Å². The van der Waals surface area contributed by atoms with Crippen LogP contribution in [0, 0.1) is 6.92 Å². The van der Waals surface area contributed by atoms with Crippen molar-refractivity contribution in [1.82, 2.24) is 24.9 Å². The molecule has 0 saturated carbocycles. The molecule has 0 radical (unpaired) electrons. The van der Waals surface area contributed by atoms with Crippen molar-refractivity contribution in [2.45, 2.75) is 26.0 Å². The third-order valence-electron chi connectivity index (χ3n) is 5.09. The molecule has 1 saturated heterocycles. The number of morpholine rings is 1. The summed E-state index contributed by atoms with van der Waals surface area (Å²) in [5.74, 6) is 0.811. The van der Waals surface area contributed by atoms with E-state index in [1.54, 1.807) is 0 Å². The number of hydrogen-bond donors (Lipinski definition) is 1. The highest BCUT2D eigenvalue weighted by Gasteiger charge is 2.25. The van der Waals surface area contributed by atoms with Gasteiger partial charge in [-0.05, 0) is 37.3 Å². The normalized spacial score (nSPS) is 17.6. The van der Waals surface area contributed by atoms with Crippen LogP contribution in [0.1, 0.15) is 28.7 Å². The van der Waals surface area contributed by atoms with E-state index in [9.17, 15) is 0 Å². The quantitative estimate of drug-likeness (QED) is 0.641. The third kappa shape index (κ3) is 5.18. The molecule has 1 N–H and O–H groups in total. The van der Waals surface area contributed by atoms with Crippen molar-refractivity contribution in [3.05, 3.63) is 64.2 Å². The Balaban J connectivity index is 1.30. The lowest BCUT2D eigenvalue weighted by molar-refractivity contribution is -0.0350. The van der Waals surface area contributed by atoms with Crippen LogP contribution in [0.2, 0.25) is 5.02 Å². The van der Waals surface area contributed by atoms with E-state index >= 15 is 0 Å². The van der Waals surface area contributed by atoms with Crippen molar-refractivity contribution in [2.75, 3.05) is 26.3 Å². The average Bonchev–Trinajstić information content (AvgIpc) is 3.30. The highest BCUT2D eigenvalue weighted by Crippen LogP contribution is 2.23. The van der Waals surface area contributed by atoms with Gasteiger partial charge in [-0.3, -0.25) is 14.7 Å². The maximum absolute atomic E-state index is 5.98. The number of benzene rings is 1. The van der Waals surface area contributed by atoms with Crippen molar-refractivity contribution in [3.63, 3.8) is 0 Å². The lowest BCUT2D eigenvalue weighted by Crippen LogP contribution is -2.38. The summed E-state index contributed by atoms with van der Waals surface area (Å²) in [6, 6.07) is 9.47. The first-order chi connectivity index (χ1) is 14.1. The number of nitrogens with one attached hydrogen (secondary N) is 1. The van der Waals surface area contributed by atoms with Crippen LogP contribution in [-0.2, 0) is 24.8 Å². The molecule has 4 rings (SSSR count). The first-order valence-corrected chi connectivity index (χ1v) is 10.2. The molecule has 154 valence electrons. The van der Waals surface area contributed by atoms with Gasteiger partial charge in [-0.25, -0.2) is 0 Å². The van der Waals surface area contributed by atoms with Crippen molar-refractivity contribution >= 4 is 11.6 Å². The minimum atomic E-state index is -0.0251. The Bertz CT molecular complexity index is 937. The molecule has 1 atom stereocenters. The number of H-pyrrole nitrogens is 1. The van der Waals surface area contributed by atoms with Crippen molar-refractivity contribution in [3.8, 4) is 5.75 Å². The van der Waals surface area contributed by atoms with Gasteiger partial charge >= 0.3 is 0 Å². The summed E-state index contributed by atoms with van der Waals surface area (Å²) in [5, 5.41) is 12.7. The first kappa shape index (κ1) is 19.9. The Morgan fingerprint density at radius 3 is 2.90 bits per heavy atom. The van der Waals surface area contributed by atoms with E-state index in [-0.39, 0.29) is 6.10 Å². The van der Waals surface area contributed by atoms with Gasteiger partial charge in [0.05, 0.1) is 24.6 Å². The minimum absolute atomic E-state index is 0.0251. The number of aryl methyl sites for hydroxylation is 2. The molecule has 3 aromatic rings. The molecule has 1 aliphatic heterocycles. The minimum Gasteiger partial charge on any atom is -0.493 e. The number of halogens is 1. The number of aromatic nitrogens is 4. The van der Waals surface area contributed by atoms with E-state index in [0.717, 1.165) is 48.9 Å². The van der Waals surface area contributed by atoms with E-state index in [2.05, 4.69) is 39.4 Å². The second-order valence-corrected chi connectivity index (χ2v) is 7.81. The molecule has 1 aliphatic rings. The zero-order valence-electron chi connectivity index (χ0n) is 16.8. The fourth-order valence-corrected chi connectivity index (χ4v) is 3.68. The highest BCUT2D eigenvalue weighted by atomic mass is 35.5. The third-order valence-corrected chi connectivity index (χ3v) is 5.35. The van der Waals surface area contributed by atoms with E-state index in [1.807, 2.05) is 36.0 Å². The number of rotatable bonds is 7. The second kappa shape index (κ2) is 8.98. The molecular weight excluding hydrogens is 390 g/mol. The van der Waals surface area contributed by atoms with Crippen molar-refractivity contribution < 1.29 is 9.47 Å². The number of nitrogens with zero attached hydrogens (tertiary/aromatic N) is 4. The van der Waals surface area contributed by atoms with E-state index in [1.165, 1.54) is 5.56 Å². The first-order valence-electron chi connectivity index (χ1n) is 9.82.